The van der Waals surface area contributed by atoms with Gasteiger partial charge in [0.05, 0.1) is 12.6 Å². The molecule has 1 amide bonds. The van der Waals surface area contributed by atoms with Crippen LogP contribution in [0.2, 0.25) is 0 Å². The number of amides is 1. The van der Waals surface area contributed by atoms with Crippen molar-refractivity contribution in [3.8, 4) is 0 Å². The van der Waals surface area contributed by atoms with E-state index in [0.29, 0.717) is 18.7 Å². The van der Waals surface area contributed by atoms with Crippen molar-refractivity contribution >= 4 is 16.8 Å². The fraction of sp³-hybridized carbons (Fsp3) is 0.391. The number of hydrogen-bond donors (Lipinski definition) is 2. The first kappa shape index (κ1) is 19.5. The van der Waals surface area contributed by atoms with Crippen LogP contribution in [-0.2, 0) is 17.7 Å². The highest BCUT2D eigenvalue weighted by Crippen LogP contribution is 2.34. The molecule has 0 aliphatic heterocycles. The van der Waals surface area contributed by atoms with Crippen molar-refractivity contribution in [2.24, 2.45) is 0 Å². The highest BCUT2D eigenvalue weighted by Gasteiger charge is 2.27. The summed E-state index contributed by atoms with van der Waals surface area (Å²) in [6, 6.07) is 10.00. The quantitative estimate of drug-likeness (QED) is 0.698. The molecule has 3 aromatic rings. The highest BCUT2D eigenvalue weighted by atomic mass is 16.5. The van der Waals surface area contributed by atoms with Gasteiger partial charge in [-0.2, -0.15) is 0 Å². The number of pyridine rings is 1. The van der Waals surface area contributed by atoms with E-state index in [1.54, 1.807) is 11.7 Å². The number of rotatable bonds is 5. The Balaban J connectivity index is 1.67. The van der Waals surface area contributed by atoms with Gasteiger partial charge in [0, 0.05) is 35.9 Å². The minimum absolute atomic E-state index is 0.119. The zero-order valence-corrected chi connectivity index (χ0v) is 17.2. The summed E-state index contributed by atoms with van der Waals surface area (Å²) in [5, 5.41) is 4.34. The predicted molar refractivity (Wildman–Crippen MR) is 113 cm³/mol. The van der Waals surface area contributed by atoms with E-state index in [1.165, 1.54) is 10.9 Å². The molecular formula is C23H27N3O3. The van der Waals surface area contributed by atoms with E-state index in [4.69, 9.17) is 4.74 Å². The number of benzene rings is 1. The summed E-state index contributed by atoms with van der Waals surface area (Å²) in [7, 11) is 1.60. The normalized spacial score (nSPS) is 16.0. The van der Waals surface area contributed by atoms with E-state index in [9.17, 15) is 9.59 Å². The number of carbonyl (C=O) groups excluding carboxylic acids is 1. The molecule has 1 aliphatic carbocycles. The lowest BCUT2D eigenvalue weighted by Gasteiger charge is -2.24. The summed E-state index contributed by atoms with van der Waals surface area (Å²) < 4.78 is 6.72. The van der Waals surface area contributed by atoms with Crippen LogP contribution in [0.5, 0.6) is 0 Å². The first-order valence-electron chi connectivity index (χ1n) is 10.1. The molecule has 2 heterocycles. The number of aromatic nitrogens is 2. The second kappa shape index (κ2) is 7.87. The summed E-state index contributed by atoms with van der Waals surface area (Å²) >= 11 is 0. The minimum Gasteiger partial charge on any atom is -0.383 e. The van der Waals surface area contributed by atoms with Gasteiger partial charge in [0.1, 0.15) is 5.56 Å². The molecule has 29 heavy (non-hydrogen) atoms. The zero-order valence-electron chi connectivity index (χ0n) is 17.2. The Kier molecular flexibility index (Phi) is 5.28. The van der Waals surface area contributed by atoms with Crippen LogP contribution in [0.1, 0.15) is 51.8 Å². The molecule has 0 saturated heterocycles. The number of ether oxygens (including phenoxy) is 1. The van der Waals surface area contributed by atoms with Gasteiger partial charge in [-0.1, -0.05) is 18.2 Å². The molecule has 0 bridgehead atoms. The van der Waals surface area contributed by atoms with Crippen molar-refractivity contribution in [3.05, 3.63) is 68.8 Å². The lowest BCUT2D eigenvalue weighted by molar-refractivity contribution is 0.0928. The molecular weight excluding hydrogens is 366 g/mol. The molecule has 4 rings (SSSR count). The van der Waals surface area contributed by atoms with Gasteiger partial charge >= 0.3 is 0 Å². The van der Waals surface area contributed by atoms with Gasteiger partial charge in [-0.15, -0.1) is 0 Å². The van der Waals surface area contributed by atoms with Crippen LogP contribution in [0, 0.1) is 13.8 Å². The standard InChI is InChI=1S/C23H27N3O3/c1-14-13-15(2)26(11-12-29-3)23(28)20(14)22(27)25-19-10-6-8-17-16-7-4-5-9-18(16)24-21(17)19/h4-5,7,9,13,19,24H,6,8,10-12H2,1-3H3,(H,25,27). The molecule has 6 heteroatoms. The zero-order chi connectivity index (χ0) is 20.5. The lowest BCUT2D eigenvalue weighted by Crippen LogP contribution is -2.38. The van der Waals surface area contributed by atoms with Gasteiger partial charge in [0.15, 0.2) is 0 Å². The number of para-hydroxylation sites is 1. The number of nitrogens with one attached hydrogen (secondary N) is 2. The Labute approximate surface area is 169 Å². The van der Waals surface area contributed by atoms with Gasteiger partial charge in [-0.05, 0) is 56.4 Å². The highest BCUT2D eigenvalue weighted by molar-refractivity contribution is 5.96. The van der Waals surface area contributed by atoms with Gasteiger partial charge in [-0.25, -0.2) is 0 Å². The molecule has 0 saturated carbocycles. The predicted octanol–water partition coefficient (Wildman–Crippen LogP) is 3.40. The third-order valence-electron chi connectivity index (χ3n) is 5.87. The third-order valence-corrected chi connectivity index (χ3v) is 5.87. The lowest BCUT2D eigenvalue weighted by atomic mass is 9.91. The second-order valence-corrected chi connectivity index (χ2v) is 7.77. The summed E-state index contributed by atoms with van der Waals surface area (Å²) in [6.07, 6.45) is 2.86. The van der Waals surface area contributed by atoms with E-state index in [1.807, 2.05) is 32.0 Å². The maximum atomic E-state index is 13.1. The van der Waals surface area contributed by atoms with Crippen molar-refractivity contribution in [1.82, 2.24) is 14.9 Å². The van der Waals surface area contributed by atoms with Gasteiger partial charge in [0.25, 0.3) is 11.5 Å². The van der Waals surface area contributed by atoms with Crippen LogP contribution in [0.25, 0.3) is 10.9 Å². The molecule has 1 aliphatic rings. The summed E-state index contributed by atoms with van der Waals surface area (Å²) in [5.41, 5.74) is 4.92. The van der Waals surface area contributed by atoms with Crippen LogP contribution in [-0.4, -0.2) is 29.2 Å². The number of methoxy groups -OCH3 is 1. The molecule has 1 aromatic carbocycles. The maximum absolute atomic E-state index is 13.1. The molecule has 1 unspecified atom stereocenters. The van der Waals surface area contributed by atoms with Crippen LogP contribution in [0.4, 0.5) is 0 Å². The van der Waals surface area contributed by atoms with Gasteiger partial charge < -0.3 is 19.6 Å². The Bertz CT molecular complexity index is 1130. The molecule has 0 fully saturated rings. The van der Waals surface area contributed by atoms with Crippen molar-refractivity contribution < 1.29 is 9.53 Å². The molecule has 6 nitrogen and oxygen atoms in total. The molecule has 0 spiro atoms. The Morgan fingerprint density at radius 1 is 1.31 bits per heavy atom. The maximum Gasteiger partial charge on any atom is 0.263 e. The molecule has 1 atom stereocenters. The largest absolute Gasteiger partial charge is 0.383 e. The van der Waals surface area contributed by atoms with Crippen LogP contribution >= 0.6 is 0 Å². The van der Waals surface area contributed by atoms with E-state index in [0.717, 1.165) is 36.2 Å². The number of nitrogens with zero attached hydrogens (tertiary/aromatic N) is 1. The Morgan fingerprint density at radius 2 is 2.10 bits per heavy atom. The number of aromatic amines is 1. The fourth-order valence-electron chi connectivity index (χ4n) is 4.45. The van der Waals surface area contributed by atoms with E-state index < -0.39 is 0 Å². The van der Waals surface area contributed by atoms with E-state index in [-0.39, 0.29) is 23.1 Å². The van der Waals surface area contributed by atoms with Crippen molar-refractivity contribution in [2.45, 2.75) is 45.7 Å². The number of carbonyl (C=O) groups is 1. The molecule has 2 N–H and O–H groups in total. The van der Waals surface area contributed by atoms with Gasteiger partial charge in [0.2, 0.25) is 0 Å². The van der Waals surface area contributed by atoms with Crippen molar-refractivity contribution in [2.75, 3.05) is 13.7 Å². The van der Waals surface area contributed by atoms with Crippen molar-refractivity contribution in [1.29, 1.82) is 0 Å². The molecule has 152 valence electrons. The van der Waals surface area contributed by atoms with Crippen molar-refractivity contribution in [3.63, 3.8) is 0 Å². The van der Waals surface area contributed by atoms with E-state index >= 15 is 0 Å². The fourth-order valence-corrected chi connectivity index (χ4v) is 4.45. The van der Waals surface area contributed by atoms with Gasteiger partial charge in [-0.3, -0.25) is 9.59 Å². The SMILES string of the molecule is COCCn1c(C)cc(C)c(C(=O)NC2CCCc3c2[nH]c2ccccc32)c1=O. The molecule has 2 aromatic heterocycles. The Hall–Kier alpha value is -2.86. The third kappa shape index (κ3) is 3.49. The summed E-state index contributed by atoms with van der Waals surface area (Å²) in [6.45, 7) is 4.55. The number of fused-ring (bicyclic) bond motifs is 3. The Morgan fingerprint density at radius 3 is 2.90 bits per heavy atom. The number of H-pyrrole nitrogens is 1. The monoisotopic (exact) mass is 393 g/mol. The summed E-state index contributed by atoms with van der Waals surface area (Å²) in [5.74, 6) is -0.310. The van der Waals surface area contributed by atoms with Crippen LogP contribution in [0.3, 0.4) is 0 Å². The average molecular weight is 393 g/mol. The number of hydrogen-bond acceptors (Lipinski definition) is 3. The average Bonchev–Trinajstić information content (AvgIpc) is 3.07. The second-order valence-electron chi connectivity index (χ2n) is 7.77. The van der Waals surface area contributed by atoms with Crippen LogP contribution in [0.15, 0.2) is 35.1 Å². The topological polar surface area (TPSA) is 76.1 Å². The molecule has 0 radical (unpaired) electrons. The number of aryl methyl sites for hydroxylation is 3. The smallest absolute Gasteiger partial charge is 0.263 e. The van der Waals surface area contributed by atoms with Crippen LogP contribution < -0.4 is 10.9 Å². The summed E-state index contributed by atoms with van der Waals surface area (Å²) in [4.78, 5) is 29.7. The minimum atomic E-state index is -0.310. The first-order chi connectivity index (χ1) is 14.0. The first-order valence-corrected chi connectivity index (χ1v) is 10.1. The van der Waals surface area contributed by atoms with E-state index in [2.05, 4.69) is 22.4 Å².